The minimum Gasteiger partial charge on any atom is -0.458 e. The topological polar surface area (TPSA) is 49.7 Å². The summed E-state index contributed by atoms with van der Waals surface area (Å²) in [7, 11) is -4.30. The van der Waals surface area contributed by atoms with Crippen LogP contribution >= 0.6 is 0 Å². The molecule has 0 unspecified atom stereocenters. The highest BCUT2D eigenvalue weighted by Crippen LogP contribution is 2.28. The maximum atomic E-state index is 10.0. The van der Waals surface area contributed by atoms with Crippen LogP contribution in [0.4, 0.5) is 0 Å². The zero-order valence-corrected chi connectivity index (χ0v) is 16.7. The molecule has 0 aliphatic carbocycles. The molecule has 0 fully saturated rings. The second kappa shape index (κ2) is 7.04. The monoisotopic (exact) mass is 394 g/mol. The van der Waals surface area contributed by atoms with Crippen LogP contribution in [0.1, 0.15) is 0 Å². The van der Waals surface area contributed by atoms with Crippen LogP contribution in [0.3, 0.4) is 0 Å². The smallest absolute Gasteiger partial charge is 0.458 e. The van der Waals surface area contributed by atoms with Gasteiger partial charge in [-0.25, -0.2) is 0 Å². The first kappa shape index (κ1) is 17.9. The number of fused-ring (bicyclic) bond motifs is 2. The molecule has 0 aromatic heterocycles. The van der Waals surface area contributed by atoms with Crippen molar-refractivity contribution in [2.24, 2.45) is 0 Å². The number of hydrogen-bond donors (Lipinski definition) is 2. The van der Waals surface area contributed by atoms with Crippen LogP contribution in [0.2, 0.25) is 0 Å². The molecule has 0 spiro atoms. The number of ether oxygens (including phenoxy) is 1. The van der Waals surface area contributed by atoms with Gasteiger partial charge in [-0.3, -0.25) is 0 Å². The van der Waals surface area contributed by atoms with E-state index in [9.17, 15) is 10.0 Å². The van der Waals surface area contributed by atoms with E-state index < -0.39 is 15.2 Å². The number of hydrogen-bond acceptors (Lipinski definition) is 3. The minimum atomic E-state index is -2.70. The van der Waals surface area contributed by atoms with E-state index in [-0.39, 0.29) is 0 Å². The number of benzene rings is 4. The van der Waals surface area contributed by atoms with Crippen LogP contribution in [0, 0.1) is 0 Å². The van der Waals surface area contributed by atoms with Crippen molar-refractivity contribution in [1.82, 2.24) is 0 Å². The highest BCUT2D eigenvalue weighted by atomic mass is 28.3. The fourth-order valence-corrected chi connectivity index (χ4v) is 9.44. The third-order valence-corrected chi connectivity index (χ3v) is 10.5. The minimum absolute atomic E-state index is 0.390. The van der Waals surface area contributed by atoms with Crippen LogP contribution in [-0.2, 0) is 0 Å². The fourth-order valence-electron chi connectivity index (χ4n) is 4.45. The first-order valence-electron chi connectivity index (χ1n) is 9.61. The predicted molar refractivity (Wildman–Crippen MR) is 120 cm³/mol. The van der Waals surface area contributed by atoms with E-state index in [1.807, 2.05) is 36.4 Å². The summed E-state index contributed by atoms with van der Waals surface area (Å²) in [6.45, 7) is 0. The lowest BCUT2D eigenvalue weighted by Gasteiger charge is -2.40. The molecule has 0 bridgehead atoms. The molecule has 0 saturated heterocycles. The van der Waals surface area contributed by atoms with Gasteiger partial charge in [0.05, 0.1) is 0 Å². The Morgan fingerprint density at radius 3 is 1.76 bits per heavy atom. The van der Waals surface area contributed by atoms with Gasteiger partial charge in [0.15, 0.2) is 8.07 Å². The maximum Gasteiger partial charge on any atom is 0.492 e. The van der Waals surface area contributed by atoms with Crippen molar-refractivity contribution in [3.63, 3.8) is 0 Å². The normalized spacial score (nSPS) is 13.7. The molecule has 0 atom stereocenters. The van der Waals surface area contributed by atoms with E-state index in [4.69, 9.17) is 4.74 Å². The molecule has 1 aliphatic rings. The van der Waals surface area contributed by atoms with Gasteiger partial charge in [-0.05, 0) is 26.8 Å². The summed E-state index contributed by atoms with van der Waals surface area (Å²) in [6.07, 6.45) is 0. The van der Waals surface area contributed by atoms with Crippen molar-refractivity contribution in [1.29, 1.82) is 0 Å². The van der Waals surface area contributed by atoms with Crippen molar-refractivity contribution in [3.8, 4) is 11.5 Å². The van der Waals surface area contributed by atoms with E-state index in [1.54, 1.807) is 6.07 Å². The average Bonchev–Trinajstić information content (AvgIpc) is 2.78. The fraction of sp³-hybridized carbons (Fsp3) is 0. The molecule has 4 aromatic carbocycles. The summed E-state index contributed by atoms with van der Waals surface area (Å²) in [4.78, 5) is 0. The third kappa shape index (κ3) is 2.67. The maximum absolute atomic E-state index is 10.0. The average molecular weight is 394 g/mol. The van der Waals surface area contributed by atoms with Gasteiger partial charge < -0.3 is 14.8 Å². The lowest BCUT2D eigenvalue weighted by molar-refractivity contribution is 0.421. The Balaban J connectivity index is 1.97. The first-order chi connectivity index (χ1) is 14.2. The second-order valence-electron chi connectivity index (χ2n) is 7.18. The van der Waals surface area contributed by atoms with Crippen molar-refractivity contribution >= 4 is 41.4 Å². The molecular weight excluding hydrogens is 375 g/mol. The Labute approximate surface area is 171 Å². The molecule has 5 heteroatoms. The molecule has 140 valence electrons. The summed E-state index contributed by atoms with van der Waals surface area (Å²) < 4.78 is 6.28. The van der Waals surface area contributed by atoms with Gasteiger partial charge in [0.25, 0.3) is 0 Å². The van der Waals surface area contributed by atoms with Gasteiger partial charge in [0, 0.05) is 5.46 Å². The van der Waals surface area contributed by atoms with Crippen LogP contribution in [0.15, 0.2) is 103 Å². The van der Waals surface area contributed by atoms with Crippen molar-refractivity contribution in [2.45, 2.75) is 0 Å². The lowest BCUT2D eigenvalue weighted by atomic mass is 9.79. The molecule has 29 heavy (non-hydrogen) atoms. The van der Waals surface area contributed by atoms with Gasteiger partial charge in [0.2, 0.25) is 0 Å². The summed E-state index contributed by atoms with van der Waals surface area (Å²) >= 11 is 0. The van der Waals surface area contributed by atoms with Crippen LogP contribution in [0.25, 0.3) is 0 Å². The zero-order chi connectivity index (χ0) is 19.8. The summed E-state index contributed by atoms with van der Waals surface area (Å²) in [6, 6.07) is 34.8. The molecule has 0 saturated carbocycles. The van der Waals surface area contributed by atoms with Crippen LogP contribution in [-0.4, -0.2) is 25.2 Å². The third-order valence-electron chi connectivity index (χ3n) is 5.64. The zero-order valence-electron chi connectivity index (χ0n) is 15.7. The largest absolute Gasteiger partial charge is 0.492 e. The summed E-state index contributed by atoms with van der Waals surface area (Å²) in [5, 5.41) is 24.7. The molecule has 3 nitrogen and oxygen atoms in total. The highest BCUT2D eigenvalue weighted by molar-refractivity contribution is 7.21. The second-order valence-corrected chi connectivity index (χ2v) is 10.9. The molecular formula is C24H19BO3Si. The number of para-hydroxylation sites is 2. The highest BCUT2D eigenvalue weighted by Gasteiger charge is 2.48. The summed E-state index contributed by atoms with van der Waals surface area (Å²) in [5.41, 5.74) is 0.390. The molecule has 0 amide bonds. The standard InChI is InChI=1S/C24H19BO3Si/c26-25(27)20-14-9-17-23-24(20)28-21-15-7-8-16-22(21)29(23,18-10-3-1-4-11-18)19-12-5-2-6-13-19/h1-17,26-27H. The summed E-state index contributed by atoms with van der Waals surface area (Å²) in [5.74, 6) is 1.33. The lowest BCUT2D eigenvalue weighted by Crippen LogP contribution is -2.76. The predicted octanol–water partition coefficient (Wildman–Crippen LogP) is 0.849. The molecule has 5 rings (SSSR count). The van der Waals surface area contributed by atoms with E-state index >= 15 is 0 Å². The molecule has 1 aliphatic heterocycles. The Hall–Kier alpha value is -3.12. The quantitative estimate of drug-likeness (QED) is 0.446. The molecule has 1 heterocycles. The van der Waals surface area contributed by atoms with Gasteiger partial charge in [-0.2, -0.15) is 0 Å². The van der Waals surface area contributed by atoms with E-state index in [2.05, 4.69) is 60.7 Å². The Morgan fingerprint density at radius 2 is 1.14 bits per heavy atom. The van der Waals surface area contributed by atoms with E-state index in [1.165, 1.54) is 10.4 Å². The van der Waals surface area contributed by atoms with Crippen LogP contribution in [0.5, 0.6) is 11.5 Å². The van der Waals surface area contributed by atoms with Gasteiger partial charge in [-0.15, -0.1) is 0 Å². The van der Waals surface area contributed by atoms with Crippen molar-refractivity contribution in [2.75, 3.05) is 0 Å². The van der Waals surface area contributed by atoms with Crippen molar-refractivity contribution < 1.29 is 14.8 Å². The molecule has 4 aromatic rings. The number of rotatable bonds is 3. The van der Waals surface area contributed by atoms with E-state index in [0.29, 0.717) is 11.2 Å². The Kier molecular flexibility index (Phi) is 4.36. The molecule has 0 radical (unpaired) electrons. The van der Waals surface area contributed by atoms with Gasteiger partial charge in [0.1, 0.15) is 11.5 Å². The SMILES string of the molecule is OB(O)c1cccc2c1Oc1ccccc1[Si]2(c1ccccc1)c1ccccc1. The Bertz CT molecular complexity index is 1120. The first-order valence-corrected chi connectivity index (χ1v) is 11.6. The van der Waals surface area contributed by atoms with Gasteiger partial charge >= 0.3 is 7.12 Å². The Morgan fingerprint density at radius 1 is 0.586 bits per heavy atom. The van der Waals surface area contributed by atoms with Crippen LogP contribution < -0.4 is 30.9 Å². The van der Waals surface area contributed by atoms with E-state index in [0.717, 1.165) is 16.1 Å². The van der Waals surface area contributed by atoms with Crippen molar-refractivity contribution in [3.05, 3.63) is 103 Å². The molecule has 2 N–H and O–H groups in total. The van der Waals surface area contributed by atoms with Gasteiger partial charge in [-0.1, -0.05) is 97.1 Å².